The fourth-order valence-electron chi connectivity index (χ4n) is 2.19. The van der Waals surface area contributed by atoms with Gasteiger partial charge in [0, 0.05) is 24.9 Å². The summed E-state index contributed by atoms with van der Waals surface area (Å²) < 4.78 is 2.97. The van der Waals surface area contributed by atoms with Crippen LogP contribution < -0.4 is 0 Å². The van der Waals surface area contributed by atoms with Gasteiger partial charge in [0.2, 0.25) is 0 Å². The second kappa shape index (κ2) is 6.50. The zero-order chi connectivity index (χ0) is 14.7. The smallest absolute Gasteiger partial charge is 0.0860 e. The standard InChI is InChI=1S/C15H20BrN3O/c1-4-12-15(16)13(19(5-2)18-12)8-14(20)11-7-6-10(3)17-9-11/h6-7,9,14,20H,4-5,8H2,1-3H3. The molecule has 5 heteroatoms. The van der Waals surface area contributed by atoms with Gasteiger partial charge in [0.1, 0.15) is 0 Å². The van der Waals surface area contributed by atoms with E-state index in [2.05, 4.69) is 39.9 Å². The number of aliphatic hydroxyl groups is 1. The first kappa shape index (κ1) is 15.2. The van der Waals surface area contributed by atoms with Gasteiger partial charge in [0.25, 0.3) is 0 Å². The van der Waals surface area contributed by atoms with E-state index in [0.717, 1.165) is 40.1 Å². The van der Waals surface area contributed by atoms with Crippen LogP contribution in [-0.2, 0) is 19.4 Å². The van der Waals surface area contributed by atoms with Crippen LogP contribution >= 0.6 is 15.9 Å². The lowest BCUT2D eigenvalue weighted by atomic mass is 10.1. The lowest BCUT2D eigenvalue weighted by molar-refractivity contribution is 0.175. The van der Waals surface area contributed by atoms with Crippen LogP contribution in [0.1, 0.15) is 42.6 Å². The van der Waals surface area contributed by atoms with Crippen molar-refractivity contribution >= 4 is 15.9 Å². The van der Waals surface area contributed by atoms with Crippen LogP contribution in [0.25, 0.3) is 0 Å². The zero-order valence-electron chi connectivity index (χ0n) is 12.1. The minimum atomic E-state index is -0.564. The fourth-order valence-corrected chi connectivity index (χ4v) is 2.92. The molecule has 0 amide bonds. The molecular formula is C15H20BrN3O. The summed E-state index contributed by atoms with van der Waals surface area (Å²) in [5.41, 5.74) is 3.87. The molecule has 2 heterocycles. The summed E-state index contributed by atoms with van der Waals surface area (Å²) in [6.07, 6.45) is 2.59. The molecule has 0 aliphatic rings. The number of aromatic nitrogens is 3. The van der Waals surface area contributed by atoms with E-state index in [1.165, 1.54) is 0 Å². The number of aryl methyl sites for hydroxylation is 3. The lowest BCUT2D eigenvalue weighted by Crippen LogP contribution is -2.09. The normalized spacial score (nSPS) is 12.7. The Balaban J connectivity index is 2.25. The quantitative estimate of drug-likeness (QED) is 0.911. The van der Waals surface area contributed by atoms with Crippen LogP contribution in [-0.4, -0.2) is 19.9 Å². The first-order chi connectivity index (χ1) is 9.56. The molecule has 0 saturated heterocycles. The van der Waals surface area contributed by atoms with Crippen molar-refractivity contribution in [3.05, 3.63) is 45.4 Å². The third kappa shape index (κ3) is 3.10. The van der Waals surface area contributed by atoms with Gasteiger partial charge in [0.05, 0.1) is 22.0 Å². The second-order valence-corrected chi connectivity index (χ2v) is 5.62. The molecule has 1 N–H and O–H groups in total. The Labute approximate surface area is 128 Å². The van der Waals surface area contributed by atoms with Gasteiger partial charge in [-0.05, 0) is 47.8 Å². The van der Waals surface area contributed by atoms with E-state index in [-0.39, 0.29) is 0 Å². The first-order valence-electron chi connectivity index (χ1n) is 6.91. The highest BCUT2D eigenvalue weighted by Gasteiger charge is 2.18. The minimum Gasteiger partial charge on any atom is -0.388 e. The van der Waals surface area contributed by atoms with Crippen LogP contribution in [0.3, 0.4) is 0 Å². The van der Waals surface area contributed by atoms with Crippen molar-refractivity contribution in [3.63, 3.8) is 0 Å². The molecule has 0 aliphatic carbocycles. The molecule has 0 fully saturated rings. The number of hydrogen-bond acceptors (Lipinski definition) is 3. The van der Waals surface area contributed by atoms with Crippen LogP contribution in [0.15, 0.2) is 22.8 Å². The van der Waals surface area contributed by atoms with Crippen molar-refractivity contribution in [2.24, 2.45) is 0 Å². The molecule has 0 saturated carbocycles. The van der Waals surface area contributed by atoms with Crippen molar-refractivity contribution in [1.82, 2.24) is 14.8 Å². The Morgan fingerprint density at radius 2 is 2.10 bits per heavy atom. The Morgan fingerprint density at radius 3 is 2.65 bits per heavy atom. The Morgan fingerprint density at radius 1 is 1.35 bits per heavy atom. The monoisotopic (exact) mass is 337 g/mol. The molecule has 0 bridgehead atoms. The molecule has 2 rings (SSSR count). The van der Waals surface area contributed by atoms with E-state index < -0.39 is 6.10 Å². The number of aliphatic hydroxyl groups excluding tert-OH is 1. The zero-order valence-corrected chi connectivity index (χ0v) is 13.7. The van der Waals surface area contributed by atoms with Gasteiger partial charge in [-0.15, -0.1) is 0 Å². The highest BCUT2D eigenvalue weighted by molar-refractivity contribution is 9.10. The van der Waals surface area contributed by atoms with Crippen molar-refractivity contribution < 1.29 is 5.11 Å². The highest BCUT2D eigenvalue weighted by Crippen LogP contribution is 2.27. The van der Waals surface area contributed by atoms with Gasteiger partial charge in [-0.25, -0.2) is 0 Å². The molecule has 2 aromatic heterocycles. The van der Waals surface area contributed by atoms with Crippen LogP contribution in [0, 0.1) is 6.92 Å². The molecule has 20 heavy (non-hydrogen) atoms. The van der Waals surface area contributed by atoms with Gasteiger partial charge < -0.3 is 5.11 Å². The Bertz CT molecular complexity index is 578. The largest absolute Gasteiger partial charge is 0.388 e. The van der Waals surface area contributed by atoms with E-state index in [1.54, 1.807) is 6.20 Å². The first-order valence-corrected chi connectivity index (χ1v) is 7.70. The summed E-state index contributed by atoms with van der Waals surface area (Å²) in [5, 5.41) is 14.9. The maximum Gasteiger partial charge on any atom is 0.0860 e. The molecule has 4 nitrogen and oxygen atoms in total. The average Bonchev–Trinajstić information content (AvgIpc) is 2.76. The number of rotatable bonds is 5. The van der Waals surface area contributed by atoms with Gasteiger partial charge in [-0.2, -0.15) is 5.10 Å². The highest BCUT2D eigenvalue weighted by atomic mass is 79.9. The maximum atomic E-state index is 10.4. The van der Waals surface area contributed by atoms with Crippen LogP contribution in [0.4, 0.5) is 0 Å². The van der Waals surface area contributed by atoms with Crippen LogP contribution in [0.2, 0.25) is 0 Å². The predicted molar refractivity (Wildman–Crippen MR) is 82.6 cm³/mol. The molecular weight excluding hydrogens is 318 g/mol. The number of halogens is 1. The third-order valence-electron chi connectivity index (χ3n) is 3.40. The van der Waals surface area contributed by atoms with Crippen molar-refractivity contribution in [1.29, 1.82) is 0 Å². The van der Waals surface area contributed by atoms with Gasteiger partial charge in [0.15, 0.2) is 0 Å². The summed E-state index contributed by atoms with van der Waals surface area (Å²) in [7, 11) is 0. The van der Waals surface area contributed by atoms with E-state index in [4.69, 9.17) is 0 Å². The van der Waals surface area contributed by atoms with Gasteiger partial charge >= 0.3 is 0 Å². The fraction of sp³-hybridized carbons (Fsp3) is 0.467. The van der Waals surface area contributed by atoms with Gasteiger partial charge in [-0.3, -0.25) is 9.67 Å². The summed E-state index contributed by atoms with van der Waals surface area (Å²) >= 11 is 3.61. The Hall–Kier alpha value is -1.20. The molecule has 0 aliphatic heterocycles. The summed E-state index contributed by atoms with van der Waals surface area (Å²) in [6.45, 7) is 6.87. The Kier molecular flexibility index (Phi) is 4.94. The van der Waals surface area contributed by atoms with E-state index in [0.29, 0.717) is 6.42 Å². The molecule has 1 unspecified atom stereocenters. The van der Waals surface area contributed by atoms with E-state index in [1.807, 2.05) is 23.7 Å². The molecule has 1 atom stereocenters. The number of pyridine rings is 1. The topological polar surface area (TPSA) is 50.9 Å². The van der Waals surface area contributed by atoms with Gasteiger partial charge in [-0.1, -0.05) is 13.0 Å². The average molecular weight is 338 g/mol. The summed E-state index contributed by atoms with van der Waals surface area (Å²) in [6, 6.07) is 3.84. The predicted octanol–water partition coefficient (Wildman–Crippen LogP) is 3.21. The minimum absolute atomic E-state index is 0.534. The van der Waals surface area contributed by atoms with Crippen molar-refractivity contribution in [2.45, 2.75) is 46.3 Å². The van der Waals surface area contributed by atoms with E-state index >= 15 is 0 Å². The third-order valence-corrected chi connectivity index (χ3v) is 4.32. The molecule has 0 radical (unpaired) electrons. The lowest BCUT2D eigenvalue weighted by Gasteiger charge is -2.12. The number of nitrogens with zero attached hydrogens (tertiary/aromatic N) is 3. The number of hydrogen-bond donors (Lipinski definition) is 1. The van der Waals surface area contributed by atoms with Crippen molar-refractivity contribution in [2.75, 3.05) is 0 Å². The second-order valence-electron chi connectivity index (χ2n) is 4.83. The van der Waals surface area contributed by atoms with Crippen LogP contribution in [0.5, 0.6) is 0 Å². The van der Waals surface area contributed by atoms with E-state index in [9.17, 15) is 5.11 Å². The summed E-state index contributed by atoms with van der Waals surface area (Å²) in [5.74, 6) is 0. The molecule has 108 valence electrons. The summed E-state index contributed by atoms with van der Waals surface area (Å²) in [4.78, 5) is 4.23. The SMILES string of the molecule is CCc1nn(CC)c(CC(O)c2ccc(C)nc2)c1Br. The maximum absolute atomic E-state index is 10.4. The molecule has 2 aromatic rings. The molecule has 0 spiro atoms. The molecule has 0 aromatic carbocycles. The van der Waals surface area contributed by atoms with Crippen molar-refractivity contribution in [3.8, 4) is 0 Å².